The van der Waals surface area contributed by atoms with Crippen molar-refractivity contribution >= 4 is 17.9 Å². The average molecular weight is 461 g/mol. The first-order valence-electron chi connectivity index (χ1n) is 11.4. The van der Waals surface area contributed by atoms with Crippen molar-refractivity contribution < 1.29 is 13.9 Å². The molecule has 4 nitrogen and oxygen atoms in total. The third-order valence-corrected chi connectivity index (χ3v) is 6.56. The van der Waals surface area contributed by atoms with E-state index in [0.29, 0.717) is 5.75 Å². The second-order valence-corrected chi connectivity index (χ2v) is 9.91. The summed E-state index contributed by atoms with van der Waals surface area (Å²) in [5.74, 6) is -0.00622. The molecule has 6 heteroatoms. The van der Waals surface area contributed by atoms with Gasteiger partial charge in [0.25, 0.3) is 5.91 Å². The molecular formula is C26H37FN2O2S. The maximum atomic E-state index is 13.1. The van der Waals surface area contributed by atoms with Gasteiger partial charge >= 0.3 is 0 Å². The normalized spacial score (nSPS) is 15.9. The first-order chi connectivity index (χ1) is 15.2. The van der Waals surface area contributed by atoms with E-state index in [1.54, 1.807) is 25.8 Å². The van der Waals surface area contributed by atoms with Crippen LogP contribution in [0.5, 0.6) is 5.75 Å². The number of unbranched alkanes of at least 4 members (excludes halogenated alkanes) is 1. The maximum absolute atomic E-state index is 13.1. The Kier molecular flexibility index (Phi) is 10.5. The zero-order chi connectivity index (χ0) is 23.6. The van der Waals surface area contributed by atoms with Crippen LogP contribution in [0.1, 0.15) is 60.3 Å². The average Bonchev–Trinajstić information content (AvgIpc) is 2.75. The quantitative estimate of drug-likeness (QED) is 0.323. The molecule has 1 aromatic rings. The summed E-state index contributed by atoms with van der Waals surface area (Å²) in [6.45, 7) is 11.7. The van der Waals surface area contributed by atoms with Crippen molar-refractivity contribution in [2.24, 2.45) is 0 Å². The third-order valence-electron chi connectivity index (χ3n) is 5.19. The molecule has 1 heterocycles. The number of carbonyl (C=O) groups excluding carboxylic acids is 1. The van der Waals surface area contributed by atoms with Crippen LogP contribution >= 0.6 is 11.9 Å². The molecule has 0 spiro atoms. The number of nitrogens with one attached hydrogen (secondary N) is 1. The SMILES string of the molecule is CCCC=C/C=C\C(SN1CCC(NC(=O)C(C)(C)Oc2ccc(F)cc2)CC1)=C(C)C. The Morgan fingerprint density at radius 1 is 1.22 bits per heavy atom. The number of carbonyl (C=O) groups is 1. The molecule has 0 radical (unpaired) electrons. The van der Waals surface area contributed by atoms with E-state index >= 15 is 0 Å². The number of allylic oxidation sites excluding steroid dienone is 5. The van der Waals surface area contributed by atoms with Gasteiger partial charge in [0.15, 0.2) is 5.60 Å². The molecule has 1 aliphatic heterocycles. The number of hydrogen-bond acceptors (Lipinski definition) is 4. The zero-order valence-corrected chi connectivity index (χ0v) is 20.8. The molecule has 1 saturated heterocycles. The summed E-state index contributed by atoms with van der Waals surface area (Å²) < 4.78 is 21.3. The van der Waals surface area contributed by atoms with Crippen LogP contribution in [0.15, 0.2) is 59.0 Å². The predicted molar refractivity (Wildman–Crippen MR) is 133 cm³/mol. The van der Waals surface area contributed by atoms with Crippen LogP contribution < -0.4 is 10.1 Å². The lowest BCUT2D eigenvalue weighted by Crippen LogP contribution is -2.52. The van der Waals surface area contributed by atoms with Gasteiger partial charge < -0.3 is 10.1 Å². The standard InChI is InChI=1S/C26H37FN2O2S/c1-6-7-8-9-10-11-24(20(2)3)32-29-18-16-22(17-19-29)28-25(30)26(4,5)31-23-14-12-21(27)13-15-23/h8-15,22H,6-7,16-19H2,1-5H3,(H,28,30)/b9-8?,11-10-. The van der Waals surface area contributed by atoms with E-state index in [4.69, 9.17) is 4.74 Å². The summed E-state index contributed by atoms with van der Waals surface area (Å²) in [4.78, 5) is 14.1. The van der Waals surface area contributed by atoms with E-state index in [9.17, 15) is 9.18 Å². The number of piperidine rings is 1. The fraction of sp³-hybridized carbons (Fsp3) is 0.500. The molecule has 0 bridgehead atoms. The summed E-state index contributed by atoms with van der Waals surface area (Å²) in [6.07, 6.45) is 12.6. The first-order valence-corrected chi connectivity index (χ1v) is 12.2. The smallest absolute Gasteiger partial charge is 0.263 e. The zero-order valence-electron chi connectivity index (χ0n) is 20.0. The lowest BCUT2D eigenvalue weighted by Gasteiger charge is -2.34. The summed E-state index contributed by atoms with van der Waals surface area (Å²) in [5, 5.41) is 3.13. The van der Waals surface area contributed by atoms with Gasteiger partial charge in [-0.05, 0) is 89.2 Å². The molecule has 1 N–H and O–H groups in total. The molecule has 2 rings (SSSR count). The largest absolute Gasteiger partial charge is 0.478 e. The molecular weight excluding hydrogens is 423 g/mol. The van der Waals surface area contributed by atoms with Crippen LogP contribution in [0, 0.1) is 5.82 Å². The van der Waals surface area contributed by atoms with Crippen molar-refractivity contribution in [3.8, 4) is 5.75 Å². The Bertz CT molecular complexity index is 819. The molecule has 0 aromatic heterocycles. The van der Waals surface area contributed by atoms with Crippen molar-refractivity contribution in [2.45, 2.75) is 71.9 Å². The first kappa shape index (κ1) is 26.2. The van der Waals surface area contributed by atoms with Gasteiger partial charge in [-0.1, -0.05) is 37.1 Å². The van der Waals surface area contributed by atoms with Gasteiger partial charge in [0, 0.05) is 24.0 Å². The van der Waals surface area contributed by atoms with E-state index in [0.717, 1.165) is 38.8 Å². The third kappa shape index (κ3) is 8.83. The minimum atomic E-state index is -1.03. The van der Waals surface area contributed by atoms with Crippen LogP contribution in [-0.4, -0.2) is 34.9 Å². The molecule has 1 aliphatic rings. The lowest BCUT2D eigenvalue weighted by molar-refractivity contribution is -0.135. The number of halogens is 1. The molecule has 32 heavy (non-hydrogen) atoms. The maximum Gasteiger partial charge on any atom is 0.263 e. The molecule has 176 valence electrons. The second kappa shape index (κ2) is 12.9. The Labute approximate surface area is 197 Å². The summed E-state index contributed by atoms with van der Waals surface area (Å²) in [5.41, 5.74) is 0.264. The van der Waals surface area contributed by atoms with Crippen LogP contribution in [0.25, 0.3) is 0 Å². The van der Waals surface area contributed by atoms with E-state index in [-0.39, 0.29) is 17.8 Å². The summed E-state index contributed by atoms with van der Waals surface area (Å²) in [7, 11) is 0. The van der Waals surface area contributed by atoms with Gasteiger partial charge in [-0.15, -0.1) is 0 Å². The van der Waals surface area contributed by atoms with Gasteiger partial charge in [-0.2, -0.15) is 0 Å². The number of benzene rings is 1. The highest BCUT2D eigenvalue weighted by atomic mass is 32.2. The molecule has 0 unspecified atom stereocenters. The molecule has 0 aliphatic carbocycles. The van der Waals surface area contributed by atoms with Gasteiger partial charge in [0.1, 0.15) is 11.6 Å². The highest BCUT2D eigenvalue weighted by Gasteiger charge is 2.32. The van der Waals surface area contributed by atoms with Crippen LogP contribution in [-0.2, 0) is 4.79 Å². The fourth-order valence-corrected chi connectivity index (χ4v) is 4.20. The minimum absolute atomic E-state index is 0.123. The van der Waals surface area contributed by atoms with Crippen molar-refractivity contribution in [2.75, 3.05) is 13.1 Å². The van der Waals surface area contributed by atoms with Gasteiger partial charge in [-0.25, -0.2) is 8.70 Å². The number of rotatable bonds is 10. The monoisotopic (exact) mass is 460 g/mol. The predicted octanol–water partition coefficient (Wildman–Crippen LogP) is 6.42. The van der Waals surface area contributed by atoms with Crippen LogP contribution in [0.4, 0.5) is 4.39 Å². The van der Waals surface area contributed by atoms with Crippen molar-refractivity contribution in [1.82, 2.24) is 9.62 Å². The molecule has 1 amide bonds. The number of hydrogen-bond donors (Lipinski definition) is 1. The van der Waals surface area contributed by atoms with Gasteiger partial charge in [0.05, 0.1) is 0 Å². The van der Waals surface area contributed by atoms with Crippen LogP contribution in [0.3, 0.4) is 0 Å². The van der Waals surface area contributed by atoms with E-state index in [2.05, 4.69) is 54.7 Å². The van der Waals surface area contributed by atoms with Gasteiger partial charge in [-0.3, -0.25) is 4.79 Å². The van der Waals surface area contributed by atoms with Crippen LogP contribution in [0.2, 0.25) is 0 Å². The van der Waals surface area contributed by atoms with Crippen molar-refractivity contribution in [1.29, 1.82) is 0 Å². The Morgan fingerprint density at radius 3 is 2.47 bits per heavy atom. The Morgan fingerprint density at radius 2 is 1.88 bits per heavy atom. The highest BCUT2D eigenvalue weighted by molar-refractivity contribution is 8.01. The van der Waals surface area contributed by atoms with E-state index < -0.39 is 5.60 Å². The Hall–Kier alpha value is -2.05. The van der Waals surface area contributed by atoms with E-state index in [1.807, 2.05) is 0 Å². The molecule has 1 aromatic carbocycles. The van der Waals surface area contributed by atoms with Gasteiger partial charge in [0.2, 0.25) is 0 Å². The van der Waals surface area contributed by atoms with Crippen molar-refractivity contribution in [3.05, 3.63) is 64.9 Å². The second-order valence-electron chi connectivity index (χ2n) is 8.77. The fourth-order valence-electron chi connectivity index (χ4n) is 3.21. The number of nitrogens with zero attached hydrogens (tertiary/aromatic N) is 1. The minimum Gasteiger partial charge on any atom is -0.478 e. The topological polar surface area (TPSA) is 41.6 Å². The molecule has 0 saturated carbocycles. The number of ether oxygens (including phenoxy) is 1. The Balaban J connectivity index is 1.83. The number of amides is 1. The lowest BCUT2D eigenvalue weighted by atomic mass is 10.0. The summed E-state index contributed by atoms with van der Waals surface area (Å²) in [6, 6.07) is 5.85. The van der Waals surface area contributed by atoms with E-state index in [1.165, 1.54) is 34.7 Å². The summed E-state index contributed by atoms with van der Waals surface area (Å²) >= 11 is 1.79. The highest BCUT2D eigenvalue weighted by Crippen LogP contribution is 2.29. The van der Waals surface area contributed by atoms with Crippen molar-refractivity contribution in [3.63, 3.8) is 0 Å². The molecule has 1 fully saturated rings. The molecule has 0 atom stereocenters.